The summed E-state index contributed by atoms with van der Waals surface area (Å²) in [7, 11) is 0. The van der Waals surface area contributed by atoms with Gasteiger partial charge in [0.15, 0.2) is 0 Å². The number of nitrogens with zero attached hydrogens (tertiary/aromatic N) is 5. The standard InChI is InChI=1S/2C11H10.C7H8.5C5H5N.C2H6/c2*1-9-6-7-10-4-2-3-5-11(10)8-9;1-7-5-3-2-4-6-7;5*1-2-4-6-5-3-1;1-2/h2*2-8H,1H3;2-6H,1H3;5*1-5H;1-2H3. The Morgan fingerprint density at radius 2 is 0.443 bits per heavy atom. The number of rotatable bonds is 0. The average Bonchev–Trinajstić information content (AvgIpc) is 3.36. The van der Waals surface area contributed by atoms with Crippen molar-refractivity contribution in [2.45, 2.75) is 34.6 Å². The van der Waals surface area contributed by atoms with Crippen LogP contribution in [0.3, 0.4) is 0 Å². The highest BCUT2D eigenvalue weighted by Gasteiger charge is 1.90. The fourth-order valence-corrected chi connectivity index (χ4v) is 4.71. The number of fused-ring (bicyclic) bond motifs is 2. The molecule has 5 heteroatoms. The Hall–Kier alpha value is -7.63. The van der Waals surface area contributed by atoms with Crippen molar-refractivity contribution in [1.82, 2.24) is 24.9 Å². The van der Waals surface area contributed by atoms with Gasteiger partial charge in [-0.05, 0) is 103 Å². The number of hydrogen-bond donors (Lipinski definition) is 0. The summed E-state index contributed by atoms with van der Waals surface area (Å²) in [6, 6.07) is 68.7. The van der Waals surface area contributed by atoms with E-state index in [-0.39, 0.29) is 0 Å². The van der Waals surface area contributed by atoms with E-state index in [0.717, 1.165) is 0 Å². The highest BCUT2D eigenvalue weighted by Crippen LogP contribution is 2.15. The Morgan fingerprint density at radius 3 is 0.639 bits per heavy atom. The van der Waals surface area contributed by atoms with E-state index in [4.69, 9.17) is 0 Å². The van der Waals surface area contributed by atoms with Crippen LogP contribution in [-0.4, -0.2) is 24.9 Å². The molecule has 61 heavy (non-hydrogen) atoms. The molecule has 0 spiro atoms. The van der Waals surface area contributed by atoms with Gasteiger partial charge in [0.2, 0.25) is 0 Å². The molecule has 5 nitrogen and oxygen atoms in total. The van der Waals surface area contributed by atoms with E-state index in [2.05, 4.69) is 143 Å². The van der Waals surface area contributed by atoms with Gasteiger partial charge in [-0.3, -0.25) is 24.9 Å². The van der Waals surface area contributed by atoms with Gasteiger partial charge in [-0.2, -0.15) is 0 Å². The monoisotopic (exact) mass is 801 g/mol. The minimum atomic E-state index is 1.32. The summed E-state index contributed by atoms with van der Waals surface area (Å²) in [5, 5.41) is 5.29. The van der Waals surface area contributed by atoms with E-state index in [1.54, 1.807) is 62.0 Å². The van der Waals surface area contributed by atoms with Crippen molar-refractivity contribution >= 4 is 21.5 Å². The van der Waals surface area contributed by atoms with Gasteiger partial charge in [0.05, 0.1) is 0 Å². The van der Waals surface area contributed by atoms with Crippen LogP contribution in [0.1, 0.15) is 30.5 Å². The first-order valence-electron chi connectivity index (χ1n) is 20.3. The predicted octanol–water partition coefficient (Wildman–Crippen LogP) is 14.7. The van der Waals surface area contributed by atoms with Crippen LogP contribution in [0.15, 0.2) is 268 Å². The van der Waals surface area contributed by atoms with Crippen molar-refractivity contribution in [2.24, 2.45) is 0 Å². The zero-order valence-corrected chi connectivity index (χ0v) is 36.1. The lowest BCUT2D eigenvalue weighted by Crippen LogP contribution is -1.73. The Kier molecular flexibility index (Phi) is 28.8. The molecule has 0 amide bonds. The first-order chi connectivity index (χ1) is 30.1. The number of benzene rings is 5. The van der Waals surface area contributed by atoms with Crippen LogP contribution < -0.4 is 0 Å². The second-order valence-corrected chi connectivity index (χ2v) is 12.5. The van der Waals surface area contributed by atoms with E-state index in [0.29, 0.717) is 0 Å². The molecule has 0 aliphatic heterocycles. The largest absolute Gasteiger partial charge is 0.265 e. The minimum absolute atomic E-state index is 1.32. The topological polar surface area (TPSA) is 64.5 Å². The van der Waals surface area contributed by atoms with Gasteiger partial charge in [0.1, 0.15) is 0 Å². The van der Waals surface area contributed by atoms with Gasteiger partial charge in [-0.25, -0.2) is 0 Å². The maximum absolute atomic E-state index is 3.78. The molecule has 0 aliphatic carbocycles. The predicted molar refractivity (Wildman–Crippen MR) is 261 cm³/mol. The molecule has 0 saturated heterocycles. The van der Waals surface area contributed by atoms with E-state index in [1.165, 1.54) is 38.2 Å². The quantitative estimate of drug-likeness (QED) is 0.153. The second kappa shape index (κ2) is 35.5. The summed E-state index contributed by atoms with van der Waals surface area (Å²) in [4.78, 5) is 18.9. The number of aryl methyl sites for hydroxylation is 3. The molecule has 0 saturated carbocycles. The van der Waals surface area contributed by atoms with E-state index in [9.17, 15) is 0 Å². The molecule has 5 aromatic heterocycles. The van der Waals surface area contributed by atoms with Crippen LogP contribution in [0.5, 0.6) is 0 Å². The van der Waals surface area contributed by atoms with Crippen LogP contribution in [-0.2, 0) is 0 Å². The summed E-state index contributed by atoms with van der Waals surface area (Å²) in [5.41, 5.74) is 3.97. The maximum Gasteiger partial charge on any atom is 0.0267 e. The van der Waals surface area contributed by atoms with E-state index >= 15 is 0 Å². The molecule has 5 aromatic carbocycles. The maximum atomic E-state index is 3.78. The van der Waals surface area contributed by atoms with Crippen LogP contribution in [0.2, 0.25) is 0 Å². The zero-order chi connectivity index (χ0) is 43.7. The van der Waals surface area contributed by atoms with Gasteiger partial charge < -0.3 is 0 Å². The smallest absolute Gasteiger partial charge is 0.0267 e. The molecule has 0 unspecified atom stereocenters. The van der Waals surface area contributed by atoms with Crippen molar-refractivity contribution < 1.29 is 0 Å². The molecule has 0 N–H and O–H groups in total. The molecule has 0 aliphatic rings. The fourth-order valence-electron chi connectivity index (χ4n) is 4.71. The highest BCUT2D eigenvalue weighted by atomic mass is 14.6. The van der Waals surface area contributed by atoms with Crippen molar-refractivity contribution in [1.29, 1.82) is 0 Å². The van der Waals surface area contributed by atoms with Crippen LogP contribution in [0.25, 0.3) is 21.5 Å². The van der Waals surface area contributed by atoms with Gasteiger partial charge in [0.25, 0.3) is 0 Å². The van der Waals surface area contributed by atoms with E-state index in [1.807, 2.05) is 123 Å². The third kappa shape index (κ3) is 26.8. The number of pyridine rings is 5. The molecule has 10 rings (SSSR count). The molecule has 0 atom stereocenters. The zero-order valence-electron chi connectivity index (χ0n) is 36.1. The average molecular weight is 802 g/mol. The lowest BCUT2D eigenvalue weighted by atomic mass is 10.1. The molecule has 308 valence electrons. The van der Waals surface area contributed by atoms with Gasteiger partial charge in [0, 0.05) is 62.0 Å². The molecular weight excluding hydrogens is 743 g/mol. The van der Waals surface area contributed by atoms with E-state index < -0.39 is 0 Å². The third-order valence-corrected chi connectivity index (χ3v) is 7.58. The summed E-state index contributed by atoms with van der Waals surface area (Å²) in [5.74, 6) is 0. The lowest BCUT2D eigenvalue weighted by molar-refractivity contribution is 1.33. The number of aromatic nitrogens is 5. The summed E-state index contributed by atoms with van der Waals surface area (Å²) < 4.78 is 0. The number of hydrogen-bond acceptors (Lipinski definition) is 5. The highest BCUT2D eigenvalue weighted by molar-refractivity contribution is 5.83. The SMILES string of the molecule is CC.Cc1ccc2ccccc2c1.Cc1ccc2ccccc2c1.Cc1ccccc1.c1ccncc1.c1ccncc1.c1ccncc1.c1ccncc1.c1ccncc1. The van der Waals surface area contributed by atoms with Crippen LogP contribution in [0, 0.1) is 20.8 Å². The van der Waals surface area contributed by atoms with Crippen LogP contribution in [0.4, 0.5) is 0 Å². The Morgan fingerprint density at radius 1 is 0.213 bits per heavy atom. The Balaban J connectivity index is 0.000000242. The normalized spacial score (nSPS) is 8.74. The Labute approximate surface area is 364 Å². The van der Waals surface area contributed by atoms with Crippen molar-refractivity contribution in [3.63, 3.8) is 0 Å². The molecule has 0 bridgehead atoms. The summed E-state index contributed by atoms with van der Waals surface area (Å²) in [6.07, 6.45) is 17.5. The molecule has 5 heterocycles. The first-order valence-corrected chi connectivity index (χ1v) is 20.3. The summed E-state index contributed by atoms with van der Waals surface area (Å²) >= 11 is 0. The van der Waals surface area contributed by atoms with Crippen molar-refractivity contribution in [3.8, 4) is 0 Å². The summed E-state index contributed by atoms with van der Waals surface area (Å²) in [6.45, 7) is 10.3. The molecular formula is C56H59N5. The third-order valence-electron chi connectivity index (χ3n) is 7.58. The first kappa shape index (κ1) is 49.5. The molecule has 0 radical (unpaired) electrons. The fraction of sp³-hybridized carbons (Fsp3) is 0.0893. The van der Waals surface area contributed by atoms with Gasteiger partial charge in [-0.15, -0.1) is 0 Å². The second-order valence-electron chi connectivity index (χ2n) is 12.5. The van der Waals surface area contributed by atoms with Crippen molar-refractivity contribution in [3.05, 3.63) is 285 Å². The Bertz CT molecular complexity index is 2010. The van der Waals surface area contributed by atoms with Gasteiger partial charge >= 0.3 is 0 Å². The van der Waals surface area contributed by atoms with Crippen molar-refractivity contribution in [2.75, 3.05) is 0 Å². The van der Waals surface area contributed by atoms with Crippen LogP contribution >= 0.6 is 0 Å². The van der Waals surface area contributed by atoms with Gasteiger partial charge in [-0.1, -0.05) is 176 Å². The minimum Gasteiger partial charge on any atom is -0.265 e. The lowest BCUT2D eigenvalue weighted by Gasteiger charge is -1.96. The molecule has 10 aromatic rings. The molecule has 0 fully saturated rings.